The van der Waals surface area contributed by atoms with Gasteiger partial charge in [0, 0.05) is 18.7 Å². The van der Waals surface area contributed by atoms with Gasteiger partial charge in [0.05, 0.1) is 22.8 Å². The topological polar surface area (TPSA) is 107 Å². The number of hydrogen-bond donors (Lipinski definition) is 0. The molecule has 9 nitrogen and oxygen atoms in total. The van der Waals surface area contributed by atoms with Crippen molar-refractivity contribution in [3.8, 4) is 5.75 Å². The third-order valence-electron chi connectivity index (χ3n) is 6.62. The highest BCUT2D eigenvalue weighted by Gasteiger charge is 2.29. The van der Waals surface area contributed by atoms with Crippen molar-refractivity contribution in [2.45, 2.75) is 63.4 Å². The van der Waals surface area contributed by atoms with E-state index < -0.39 is 21.9 Å². The number of sulfonamides is 1. The molecule has 2 aromatic carbocycles. The first kappa shape index (κ1) is 28.0. The summed E-state index contributed by atoms with van der Waals surface area (Å²) in [7, 11) is -2.04. The van der Waals surface area contributed by atoms with Crippen LogP contribution in [-0.4, -0.2) is 55.5 Å². The number of thiazole rings is 1. The molecule has 38 heavy (non-hydrogen) atoms. The molecule has 11 heteroatoms. The van der Waals surface area contributed by atoms with Crippen molar-refractivity contribution in [3.63, 3.8) is 0 Å². The number of benzene rings is 2. The molecule has 1 amide bonds. The molecule has 1 aliphatic carbocycles. The Labute approximate surface area is 226 Å². The molecular formula is C27H33N3O6S2. The van der Waals surface area contributed by atoms with Crippen molar-refractivity contribution in [2.75, 3.05) is 20.3 Å². The van der Waals surface area contributed by atoms with Gasteiger partial charge < -0.3 is 14.0 Å². The fraction of sp³-hybridized carbons (Fsp3) is 0.444. The molecule has 0 aliphatic heterocycles. The quantitative estimate of drug-likeness (QED) is 0.361. The van der Waals surface area contributed by atoms with Crippen molar-refractivity contribution in [1.29, 1.82) is 0 Å². The van der Waals surface area contributed by atoms with Gasteiger partial charge in [0.15, 0.2) is 4.80 Å². The third-order valence-corrected chi connectivity index (χ3v) is 9.59. The molecule has 0 unspecified atom stereocenters. The number of esters is 1. The van der Waals surface area contributed by atoms with E-state index in [9.17, 15) is 18.0 Å². The molecule has 4 rings (SSSR count). The number of hydrogen-bond acceptors (Lipinski definition) is 7. The van der Waals surface area contributed by atoms with Gasteiger partial charge in [-0.1, -0.05) is 36.7 Å². The zero-order valence-electron chi connectivity index (χ0n) is 21.9. The van der Waals surface area contributed by atoms with Crippen LogP contribution < -0.4 is 9.54 Å². The van der Waals surface area contributed by atoms with Gasteiger partial charge >= 0.3 is 5.97 Å². The van der Waals surface area contributed by atoms with Crippen LogP contribution in [0, 0.1) is 0 Å². The van der Waals surface area contributed by atoms with E-state index in [0.717, 1.165) is 36.8 Å². The summed E-state index contributed by atoms with van der Waals surface area (Å²) in [6, 6.07) is 11.3. The lowest BCUT2D eigenvalue weighted by Crippen LogP contribution is -2.38. The van der Waals surface area contributed by atoms with Crippen molar-refractivity contribution in [2.24, 2.45) is 4.99 Å². The lowest BCUT2D eigenvalue weighted by molar-refractivity contribution is -0.143. The van der Waals surface area contributed by atoms with E-state index in [1.807, 2.05) is 19.1 Å². The molecule has 1 fully saturated rings. The summed E-state index contributed by atoms with van der Waals surface area (Å²) in [4.78, 5) is 30.3. The minimum absolute atomic E-state index is 0.00515. The molecule has 0 N–H and O–H groups in total. The number of ether oxygens (including phenoxy) is 2. The van der Waals surface area contributed by atoms with Gasteiger partial charge in [0.25, 0.3) is 5.91 Å². The van der Waals surface area contributed by atoms with Crippen LogP contribution in [0.2, 0.25) is 0 Å². The number of para-hydroxylation sites is 1. The minimum Gasteiger partial charge on any atom is -0.492 e. The SMILES string of the molecule is CCOC(=O)Cn1c(=NC(=O)c2ccc(S(=O)(=O)N(C)C3CCCCC3)cc2)sc2cccc(OCC)c21. The highest BCUT2D eigenvalue weighted by Crippen LogP contribution is 2.28. The summed E-state index contributed by atoms with van der Waals surface area (Å²) >= 11 is 1.26. The second kappa shape index (κ2) is 12.2. The van der Waals surface area contributed by atoms with Crippen LogP contribution in [0.15, 0.2) is 52.4 Å². The highest BCUT2D eigenvalue weighted by atomic mass is 32.2. The van der Waals surface area contributed by atoms with Gasteiger partial charge in [0.1, 0.15) is 17.8 Å². The maximum Gasteiger partial charge on any atom is 0.326 e. The summed E-state index contributed by atoms with van der Waals surface area (Å²) in [5.41, 5.74) is 0.903. The molecule has 0 radical (unpaired) electrons. The van der Waals surface area contributed by atoms with Crippen LogP contribution in [0.4, 0.5) is 0 Å². The van der Waals surface area contributed by atoms with E-state index in [1.54, 1.807) is 24.6 Å². The number of carbonyl (C=O) groups excluding carboxylic acids is 2. The van der Waals surface area contributed by atoms with Crippen molar-refractivity contribution in [3.05, 3.63) is 52.8 Å². The number of carbonyl (C=O) groups is 2. The first-order chi connectivity index (χ1) is 18.3. The average Bonchev–Trinajstić information content (AvgIpc) is 3.26. The number of nitrogens with zero attached hydrogens (tertiary/aromatic N) is 3. The van der Waals surface area contributed by atoms with Gasteiger partial charge in [-0.15, -0.1) is 0 Å². The second-order valence-electron chi connectivity index (χ2n) is 9.07. The van der Waals surface area contributed by atoms with E-state index in [-0.39, 0.29) is 29.7 Å². The Balaban J connectivity index is 1.66. The molecule has 0 atom stereocenters. The summed E-state index contributed by atoms with van der Waals surface area (Å²) in [5, 5.41) is 0. The Morgan fingerprint density at radius 2 is 1.76 bits per heavy atom. The van der Waals surface area contributed by atoms with E-state index >= 15 is 0 Å². The zero-order valence-corrected chi connectivity index (χ0v) is 23.5. The molecule has 3 aromatic rings. The second-order valence-corrected chi connectivity index (χ2v) is 12.1. The van der Waals surface area contributed by atoms with E-state index in [4.69, 9.17) is 9.47 Å². The fourth-order valence-electron chi connectivity index (χ4n) is 4.67. The maximum atomic E-state index is 13.1. The lowest BCUT2D eigenvalue weighted by Gasteiger charge is -2.30. The Hall–Kier alpha value is -3.02. The summed E-state index contributed by atoms with van der Waals surface area (Å²) in [5.74, 6) is -0.420. The van der Waals surface area contributed by atoms with Gasteiger partial charge in [-0.25, -0.2) is 8.42 Å². The van der Waals surface area contributed by atoms with Crippen LogP contribution in [0.1, 0.15) is 56.3 Å². The van der Waals surface area contributed by atoms with E-state index in [1.165, 1.54) is 39.9 Å². The van der Waals surface area contributed by atoms with E-state index in [0.29, 0.717) is 22.7 Å². The van der Waals surface area contributed by atoms with Gasteiger partial charge in [-0.05, 0) is 63.1 Å². The van der Waals surface area contributed by atoms with Crippen LogP contribution in [0.3, 0.4) is 0 Å². The molecule has 1 heterocycles. The van der Waals surface area contributed by atoms with Crippen LogP contribution in [0.25, 0.3) is 10.2 Å². The summed E-state index contributed by atoms with van der Waals surface area (Å²) < 4.78 is 41.1. The Kier molecular flexibility index (Phi) is 9.01. The predicted molar refractivity (Wildman–Crippen MR) is 146 cm³/mol. The number of fused-ring (bicyclic) bond motifs is 1. The van der Waals surface area contributed by atoms with E-state index in [2.05, 4.69) is 4.99 Å². The number of rotatable bonds is 9. The summed E-state index contributed by atoms with van der Waals surface area (Å²) in [6.07, 6.45) is 4.91. The molecular weight excluding hydrogens is 526 g/mol. The Morgan fingerprint density at radius 3 is 2.42 bits per heavy atom. The molecule has 1 saturated carbocycles. The Morgan fingerprint density at radius 1 is 1.05 bits per heavy atom. The maximum absolute atomic E-state index is 13.1. The normalized spacial score (nSPS) is 15.2. The molecule has 0 spiro atoms. The molecule has 0 bridgehead atoms. The standard InChI is InChI=1S/C27H33N3O6S2/c1-4-35-22-12-9-13-23-25(22)30(18-24(31)36-5-2)27(37-23)28-26(32)19-14-16-21(17-15-19)38(33,34)29(3)20-10-7-6-8-11-20/h9,12-17,20H,4-8,10-11,18H2,1-3H3. The smallest absolute Gasteiger partial charge is 0.326 e. The van der Waals surface area contributed by atoms with Crippen LogP contribution in [-0.2, 0) is 26.1 Å². The average molecular weight is 560 g/mol. The summed E-state index contributed by atoms with van der Waals surface area (Å²) in [6.45, 7) is 4.13. The molecule has 204 valence electrons. The monoisotopic (exact) mass is 559 g/mol. The van der Waals surface area contributed by atoms with Crippen molar-refractivity contribution >= 4 is 43.5 Å². The Bertz CT molecular complexity index is 1470. The van der Waals surface area contributed by atoms with Crippen molar-refractivity contribution in [1.82, 2.24) is 8.87 Å². The lowest BCUT2D eigenvalue weighted by atomic mass is 9.96. The molecule has 1 aromatic heterocycles. The van der Waals surface area contributed by atoms with Gasteiger partial charge in [-0.3, -0.25) is 9.59 Å². The van der Waals surface area contributed by atoms with Crippen LogP contribution >= 0.6 is 11.3 Å². The number of amides is 1. The zero-order chi connectivity index (χ0) is 27.3. The minimum atomic E-state index is -3.67. The largest absolute Gasteiger partial charge is 0.492 e. The highest BCUT2D eigenvalue weighted by molar-refractivity contribution is 7.89. The van der Waals surface area contributed by atoms with Gasteiger partial charge in [-0.2, -0.15) is 9.30 Å². The predicted octanol–water partition coefficient (Wildman–Crippen LogP) is 4.36. The van der Waals surface area contributed by atoms with Crippen LogP contribution in [0.5, 0.6) is 5.75 Å². The molecule has 0 saturated heterocycles. The number of aromatic nitrogens is 1. The fourth-order valence-corrected chi connectivity index (χ4v) is 7.13. The third kappa shape index (κ3) is 6.00. The van der Waals surface area contributed by atoms with Crippen molar-refractivity contribution < 1.29 is 27.5 Å². The first-order valence-electron chi connectivity index (χ1n) is 12.8. The first-order valence-corrected chi connectivity index (χ1v) is 15.1. The van der Waals surface area contributed by atoms with Gasteiger partial charge in [0.2, 0.25) is 10.0 Å². The molecule has 1 aliphatic rings.